The number of nitrogens with one attached hydrogen (secondary N) is 2. The number of rotatable bonds is 7. The summed E-state index contributed by atoms with van der Waals surface area (Å²) in [5.74, 6) is 0.500. The van der Waals surface area contributed by atoms with Gasteiger partial charge < -0.3 is 16.4 Å². The molecule has 158 valence electrons. The second-order valence-electron chi connectivity index (χ2n) is 7.62. The van der Waals surface area contributed by atoms with Crippen molar-refractivity contribution in [3.63, 3.8) is 0 Å². The normalized spacial score (nSPS) is 22.0. The Morgan fingerprint density at radius 2 is 1.93 bits per heavy atom. The van der Waals surface area contributed by atoms with Crippen LogP contribution in [0, 0.1) is 11.8 Å². The van der Waals surface area contributed by atoms with E-state index in [4.69, 9.17) is 5.73 Å². The molecule has 2 unspecified atom stereocenters. The summed E-state index contributed by atoms with van der Waals surface area (Å²) < 4.78 is 0. The van der Waals surface area contributed by atoms with Gasteiger partial charge in [-0.15, -0.1) is 24.8 Å². The van der Waals surface area contributed by atoms with Crippen molar-refractivity contribution in [2.24, 2.45) is 17.6 Å². The highest BCUT2D eigenvalue weighted by molar-refractivity contribution is 5.90. The van der Waals surface area contributed by atoms with Gasteiger partial charge in [-0.05, 0) is 68.9 Å². The lowest BCUT2D eigenvalue weighted by molar-refractivity contribution is -0.123. The summed E-state index contributed by atoms with van der Waals surface area (Å²) in [5.41, 5.74) is 7.47. The lowest BCUT2D eigenvalue weighted by atomic mass is 9.97. The number of nitrogens with two attached hydrogens (primary N) is 1. The van der Waals surface area contributed by atoms with Crippen molar-refractivity contribution < 1.29 is 9.59 Å². The van der Waals surface area contributed by atoms with Gasteiger partial charge in [-0.2, -0.15) is 0 Å². The molecular formula is C20H32Cl2N4O2. The van der Waals surface area contributed by atoms with E-state index in [0.717, 1.165) is 57.7 Å². The van der Waals surface area contributed by atoms with Crippen molar-refractivity contribution in [3.8, 4) is 0 Å². The van der Waals surface area contributed by atoms with Crippen LogP contribution >= 0.6 is 24.8 Å². The van der Waals surface area contributed by atoms with Crippen LogP contribution in [0.2, 0.25) is 0 Å². The maximum atomic E-state index is 12.1. The fourth-order valence-corrected chi connectivity index (χ4v) is 3.90. The van der Waals surface area contributed by atoms with Gasteiger partial charge in [0.2, 0.25) is 11.8 Å². The molecule has 0 aromatic heterocycles. The number of anilines is 1. The molecule has 0 spiro atoms. The number of carbonyl (C=O) groups is 2. The monoisotopic (exact) mass is 430 g/mol. The minimum atomic E-state index is -0.193. The van der Waals surface area contributed by atoms with Gasteiger partial charge >= 0.3 is 0 Å². The van der Waals surface area contributed by atoms with E-state index in [-0.39, 0.29) is 42.5 Å². The first-order valence-electron chi connectivity index (χ1n) is 9.71. The number of benzene rings is 1. The smallest absolute Gasteiger partial charge is 0.224 e. The topological polar surface area (TPSA) is 87.5 Å². The molecular weight excluding hydrogens is 399 g/mol. The molecule has 1 aromatic rings. The molecule has 8 heteroatoms. The molecule has 2 heterocycles. The van der Waals surface area contributed by atoms with E-state index in [1.54, 1.807) is 0 Å². The second-order valence-corrected chi connectivity index (χ2v) is 7.62. The van der Waals surface area contributed by atoms with E-state index >= 15 is 0 Å². The molecule has 1 aromatic carbocycles. The van der Waals surface area contributed by atoms with Gasteiger partial charge in [0.25, 0.3) is 0 Å². The van der Waals surface area contributed by atoms with Crippen molar-refractivity contribution in [2.75, 3.05) is 31.5 Å². The summed E-state index contributed by atoms with van der Waals surface area (Å²) in [5, 5.41) is 6.32. The maximum absolute atomic E-state index is 12.1. The summed E-state index contributed by atoms with van der Waals surface area (Å²) in [7, 11) is 0. The van der Waals surface area contributed by atoms with Gasteiger partial charge in [-0.25, -0.2) is 0 Å². The molecule has 6 nitrogen and oxygen atoms in total. The van der Waals surface area contributed by atoms with E-state index in [1.807, 2.05) is 24.3 Å². The summed E-state index contributed by atoms with van der Waals surface area (Å²) in [6.07, 6.45) is 4.62. The van der Waals surface area contributed by atoms with Crippen LogP contribution in [0.25, 0.3) is 0 Å². The molecule has 28 heavy (non-hydrogen) atoms. The minimum absolute atomic E-state index is 0. The molecule has 0 bridgehead atoms. The lowest BCUT2D eigenvalue weighted by Crippen LogP contribution is -2.40. The third-order valence-corrected chi connectivity index (χ3v) is 5.49. The van der Waals surface area contributed by atoms with Crippen LogP contribution in [0.4, 0.5) is 5.69 Å². The molecule has 2 aliphatic rings. The van der Waals surface area contributed by atoms with Crippen LogP contribution in [0.5, 0.6) is 0 Å². The van der Waals surface area contributed by atoms with E-state index in [1.165, 1.54) is 12.0 Å². The van der Waals surface area contributed by atoms with Crippen molar-refractivity contribution in [1.82, 2.24) is 10.2 Å². The summed E-state index contributed by atoms with van der Waals surface area (Å²) in [6.45, 7) is 4.66. The standard InChI is InChI=1S/C20H30N4O2.2ClH/c21-20(26)17-2-1-11-24(14-17)13-16-3-6-18(7-4-16)23-19(25)8-5-15-9-10-22-12-15;;/h3-4,6-7,15,17,22H,1-2,5,8-14H2,(H2,21,26)(H,23,25);2*1H. The van der Waals surface area contributed by atoms with Crippen LogP contribution in [-0.2, 0) is 16.1 Å². The number of hydrogen-bond donors (Lipinski definition) is 3. The highest BCUT2D eigenvalue weighted by Crippen LogP contribution is 2.20. The van der Waals surface area contributed by atoms with Crippen LogP contribution in [-0.4, -0.2) is 42.9 Å². The zero-order valence-corrected chi connectivity index (χ0v) is 17.8. The summed E-state index contributed by atoms with van der Waals surface area (Å²) >= 11 is 0. The predicted molar refractivity (Wildman–Crippen MR) is 117 cm³/mol. The zero-order chi connectivity index (χ0) is 18.4. The van der Waals surface area contributed by atoms with Crippen molar-refractivity contribution in [2.45, 2.75) is 38.6 Å². The third-order valence-electron chi connectivity index (χ3n) is 5.49. The van der Waals surface area contributed by atoms with E-state index in [9.17, 15) is 9.59 Å². The van der Waals surface area contributed by atoms with E-state index in [0.29, 0.717) is 12.3 Å². The summed E-state index contributed by atoms with van der Waals surface area (Å²) in [4.78, 5) is 25.8. The second kappa shape index (κ2) is 12.3. The molecule has 0 saturated carbocycles. The molecule has 3 rings (SSSR count). The summed E-state index contributed by atoms with van der Waals surface area (Å²) in [6, 6.07) is 8.01. The molecule has 4 N–H and O–H groups in total. The zero-order valence-electron chi connectivity index (χ0n) is 16.2. The lowest BCUT2D eigenvalue weighted by Gasteiger charge is -2.31. The average Bonchev–Trinajstić information content (AvgIpc) is 3.15. The third kappa shape index (κ3) is 7.59. The van der Waals surface area contributed by atoms with Crippen LogP contribution in [0.1, 0.15) is 37.7 Å². The fraction of sp³-hybridized carbons (Fsp3) is 0.600. The number of nitrogens with zero attached hydrogens (tertiary/aromatic N) is 1. The Morgan fingerprint density at radius 3 is 2.57 bits per heavy atom. The largest absolute Gasteiger partial charge is 0.369 e. The van der Waals surface area contributed by atoms with E-state index in [2.05, 4.69) is 15.5 Å². The molecule has 2 amide bonds. The van der Waals surface area contributed by atoms with Gasteiger partial charge in [0.15, 0.2) is 0 Å². The minimum Gasteiger partial charge on any atom is -0.369 e. The number of hydrogen-bond acceptors (Lipinski definition) is 4. The van der Waals surface area contributed by atoms with Gasteiger partial charge in [-0.3, -0.25) is 14.5 Å². The highest BCUT2D eigenvalue weighted by Gasteiger charge is 2.23. The van der Waals surface area contributed by atoms with Gasteiger partial charge in [-0.1, -0.05) is 12.1 Å². The Morgan fingerprint density at radius 1 is 1.18 bits per heavy atom. The maximum Gasteiger partial charge on any atom is 0.224 e. The van der Waals surface area contributed by atoms with Crippen molar-refractivity contribution in [3.05, 3.63) is 29.8 Å². The highest BCUT2D eigenvalue weighted by atomic mass is 35.5. The first-order chi connectivity index (χ1) is 12.6. The Kier molecular flexibility index (Phi) is 10.8. The molecule has 2 aliphatic heterocycles. The molecule has 0 aliphatic carbocycles. The van der Waals surface area contributed by atoms with Gasteiger partial charge in [0.1, 0.15) is 0 Å². The number of primary amides is 1. The molecule has 2 atom stereocenters. The van der Waals surface area contributed by atoms with Crippen LogP contribution in [0.3, 0.4) is 0 Å². The number of carbonyl (C=O) groups excluding carboxylic acids is 2. The van der Waals surface area contributed by atoms with Crippen LogP contribution < -0.4 is 16.4 Å². The van der Waals surface area contributed by atoms with E-state index < -0.39 is 0 Å². The Bertz CT molecular complexity index is 621. The number of amides is 2. The Hall–Kier alpha value is -1.34. The van der Waals surface area contributed by atoms with Crippen molar-refractivity contribution in [1.29, 1.82) is 0 Å². The number of halogens is 2. The van der Waals surface area contributed by atoms with Crippen molar-refractivity contribution >= 4 is 42.3 Å². The molecule has 2 saturated heterocycles. The quantitative estimate of drug-likeness (QED) is 0.619. The first kappa shape index (κ1) is 24.7. The number of likely N-dealkylation sites (tertiary alicyclic amines) is 1. The molecule has 2 fully saturated rings. The average molecular weight is 431 g/mol. The Labute approximate surface area is 179 Å². The fourth-order valence-electron chi connectivity index (χ4n) is 3.90. The SMILES string of the molecule is Cl.Cl.NC(=O)C1CCCN(Cc2ccc(NC(=O)CCC3CCNC3)cc2)C1. The van der Waals surface area contributed by atoms with Gasteiger partial charge in [0.05, 0.1) is 5.92 Å². The van der Waals surface area contributed by atoms with Crippen LogP contribution in [0.15, 0.2) is 24.3 Å². The Balaban J connectivity index is 0.00000196. The number of piperidine rings is 1. The first-order valence-corrected chi connectivity index (χ1v) is 9.71. The molecule has 0 radical (unpaired) electrons. The van der Waals surface area contributed by atoms with Gasteiger partial charge in [0, 0.05) is 25.2 Å². The predicted octanol–water partition coefficient (Wildman–Crippen LogP) is 2.56.